The lowest BCUT2D eigenvalue weighted by Crippen LogP contribution is -2.48. The summed E-state index contributed by atoms with van der Waals surface area (Å²) in [6.45, 7) is 0.816. The van der Waals surface area contributed by atoms with Gasteiger partial charge in [-0.25, -0.2) is 23.5 Å². The second-order valence-electron chi connectivity index (χ2n) is 6.67. The highest BCUT2D eigenvalue weighted by Gasteiger charge is 2.54. The van der Waals surface area contributed by atoms with E-state index in [2.05, 4.69) is 25.9 Å². The summed E-state index contributed by atoms with van der Waals surface area (Å²) >= 11 is 3.27. The van der Waals surface area contributed by atoms with Gasteiger partial charge >= 0.3 is 6.09 Å². The molecule has 10 heteroatoms. The van der Waals surface area contributed by atoms with Gasteiger partial charge in [0.25, 0.3) is 0 Å². The van der Waals surface area contributed by atoms with Crippen LogP contribution >= 0.6 is 15.9 Å². The number of ether oxygens (including phenoxy) is 1. The van der Waals surface area contributed by atoms with Gasteiger partial charge in [0.05, 0.1) is 35.2 Å². The molecule has 0 spiro atoms. The summed E-state index contributed by atoms with van der Waals surface area (Å²) in [7, 11) is 0. The average Bonchev–Trinajstić information content (AvgIpc) is 3.32. The minimum absolute atomic E-state index is 0.0599. The Morgan fingerprint density at radius 1 is 1.27 bits per heavy atom. The Balaban J connectivity index is 1.67. The normalized spacial score (nSPS) is 26.8. The number of carbonyl (C=O) groups is 1. The molecule has 4 heterocycles. The lowest BCUT2D eigenvalue weighted by molar-refractivity contribution is 0.130. The number of nitrogens with zero attached hydrogens (tertiary/aromatic N) is 4. The smallest absolute Gasteiger partial charge is 0.407 e. The van der Waals surface area contributed by atoms with E-state index in [0.29, 0.717) is 27.8 Å². The number of amides is 1. The summed E-state index contributed by atoms with van der Waals surface area (Å²) < 4.78 is 35.2. The monoisotopic (exact) mass is 426 g/mol. The number of hydrogen-bond donors (Lipinski definition) is 1. The molecule has 0 saturated carbocycles. The first-order valence-electron chi connectivity index (χ1n) is 8.10. The molecule has 1 aromatic heterocycles. The van der Waals surface area contributed by atoms with Crippen LogP contribution in [-0.2, 0) is 18.0 Å². The number of alkyl halides is 1. The molecule has 0 unspecified atom stereocenters. The van der Waals surface area contributed by atoms with E-state index in [9.17, 15) is 18.7 Å². The van der Waals surface area contributed by atoms with Crippen LogP contribution in [0.4, 0.5) is 19.4 Å². The van der Waals surface area contributed by atoms with E-state index in [-0.39, 0.29) is 25.2 Å². The quantitative estimate of drug-likeness (QED) is 0.754. The largest absolute Gasteiger partial charge is 0.465 e. The third-order valence-corrected chi connectivity index (χ3v) is 6.30. The van der Waals surface area contributed by atoms with Gasteiger partial charge < -0.3 is 14.7 Å². The van der Waals surface area contributed by atoms with Gasteiger partial charge in [-0.2, -0.15) is 0 Å². The first-order valence-corrected chi connectivity index (χ1v) is 8.89. The number of hydrogen-bond acceptors (Lipinski definition) is 5. The molecule has 7 nitrogen and oxygen atoms in total. The lowest BCUT2D eigenvalue weighted by Gasteiger charge is -2.33. The zero-order chi connectivity index (χ0) is 18.2. The van der Waals surface area contributed by atoms with E-state index in [1.54, 1.807) is 4.90 Å². The molecule has 2 saturated heterocycles. The molecule has 0 aliphatic carbocycles. The molecule has 1 amide bonds. The summed E-state index contributed by atoms with van der Waals surface area (Å²) in [5, 5.41) is 9.74. The number of aromatic nitrogens is 2. The van der Waals surface area contributed by atoms with Crippen LogP contribution in [0, 0.1) is 5.82 Å². The Hall–Kier alpha value is -2.07. The first-order chi connectivity index (χ1) is 12.5. The SMILES string of the molecule is O=C(O)N1C[C@H]2[C@@H](F)[C@@H]1CN2c1ncnc2c(F)c(Br)c3c(c12)COC3. The van der Waals surface area contributed by atoms with E-state index in [1.165, 1.54) is 6.33 Å². The topological polar surface area (TPSA) is 78.8 Å². The van der Waals surface area contributed by atoms with Crippen molar-refractivity contribution >= 4 is 38.7 Å². The number of benzene rings is 1. The van der Waals surface area contributed by atoms with Crippen LogP contribution in [0.15, 0.2) is 10.8 Å². The number of piperazine rings is 1. The Labute approximate surface area is 154 Å². The van der Waals surface area contributed by atoms with Gasteiger partial charge in [0.1, 0.15) is 23.8 Å². The maximum atomic E-state index is 14.8. The van der Waals surface area contributed by atoms with Crippen molar-refractivity contribution in [2.24, 2.45) is 0 Å². The number of rotatable bonds is 1. The Morgan fingerprint density at radius 2 is 2.04 bits per heavy atom. The van der Waals surface area contributed by atoms with Gasteiger partial charge in [-0.1, -0.05) is 0 Å². The van der Waals surface area contributed by atoms with Gasteiger partial charge in [0, 0.05) is 18.7 Å². The van der Waals surface area contributed by atoms with Crippen LogP contribution in [-0.4, -0.2) is 57.4 Å². The van der Waals surface area contributed by atoms with E-state index >= 15 is 0 Å². The number of anilines is 1. The predicted octanol–water partition coefficient (Wildman–Crippen LogP) is 2.45. The third kappa shape index (κ3) is 1.96. The van der Waals surface area contributed by atoms with Crippen molar-refractivity contribution in [2.75, 3.05) is 18.0 Å². The third-order valence-electron chi connectivity index (χ3n) is 5.47. The average molecular weight is 427 g/mol. The van der Waals surface area contributed by atoms with E-state index in [4.69, 9.17) is 4.74 Å². The van der Waals surface area contributed by atoms with E-state index in [0.717, 1.165) is 10.5 Å². The highest BCUT2D eigenvalue weighted by molar-refractivity contribution is 9.10. The number of likely N-dealkylation sites (tertiary alicyclic amines) is 1. The van der Waals surface area contributed by atoms with Crippen LogP contribution in [0.2, 0.25) is 0 Å². The highest BCUT2D eigenvalue weighted by Crippen LogP contribution is 2.43. The Bertz CT molecular complexity index is 959. The molecule has 2 aromatic rings. The highest BCUT2D eigenvalue weighted by atomic mass is 79.9. The molecule has 1 aromatic carbocycles. The van der Waals surface area contributed by atoms with Crippen molar-refractivity contribution in [3.05, 3.63) is 27.7 Å². The van der Waals surface area contributed by atoms with Gasteiger partial charge in [-0.3, -0.25) is 4.90 Å². The van der Waals surface area contributed by atoms with Crippen molar-refractivity contribution in [3.8, 4) is 0 Å². The van der Waals surface area contributed by atoms with Gasteiger partial charge in [0.15, 0.2) is 5.82 Å². The lowest BCUT2D eigenvalue weighted by atomic mass is 10.0. The van der Waals surface area contributed by atoms with Crippen molar-refractivity contribution in [3.63, 3.8) is 0 Å². The van der Waals surface area contributed by atoms with Crippen LogP contribution in [0.3, 0.4) is 0 Å². The molecule has 0 radical (unpaired) electrons. The Morgan fingerprint density at radius 3 is 2.73 bits per heavy atom. The molecule has 3 aliphatic heterocycles. The fourth-order valence-corrected chi connectivity index (χ4v) is 4.80. The maximum absolute atomic E-state index is 14.8. The number of fused-ring (bicyclic) bond motifs is 5. The second-order valence-corrected chi connectivity index (χ2v) is 7.46. The molecule has 136 valence electrons. The van der Waals surface area contributed by atoms with Crippen molar-refractivity contribution < 1.29 is 23.4 Å². The van der Waals surface area contributed by atoms with Gasteiger partial charge in [-0.15, -0.1) is 0 Å². The summed E-state index contributed by atoms with van der Waals surface area (Å²) in [5.74, 6) is -0.0652. The van der Waals surface area contributed by atoms with Crippen LogP contribution in [0.1, 0.15) is 11.1 Å². The molecule has 1 N–H and O–H groups in total. The molecular weight excluding hydrogens is 414 g/mol. The predicted molar refractivity (Wildman–Crippen MR) is 90.2 cm³/mol. The number of halogens is 3. The summed E-state index contributed by atoms with van der Waals surface area (Å²) in [6, 6.07) is -1.38. The Kier molecular flexibility index (Phi) is 3.39. The zero-order valence-corrected chi connectivity index (χ0v) is 14.9. The minimum atomic E-state index is -1.30. The van der Waals surface area contributed by atoms with Crippen LogP contribution in [0.25, 0.3) is 10.9 Å². The standard InChI is InChI=1S/C16H13BrF2N4O3/c17-11-7-4-26-3-6(7)10-14(13(11)19)20-5-21-15(10)22-1-9-12(18)8(22)2-23(9)16(24)25/h5,8-9,12H,1-4H2,(H,24,25)/t8-,9-,12+/m0/s1. The van der Waals surface area contributed by atoms with Crippen molar-refractivity contribution in [1.29, 1.82) is 0 Å². The fourth-order valence-electron chi connectivity index (χ4n) is 4.26. The molecule has 3 aliphatic rings. The summed E-state index contributed by atoms with van der Waals surface area (Å²) in [6.07, 6.45) is -1.18. The second kappa shape index (κ2) is 5.46. The van der Waals surface area contributed by atoms with E-state index < -0.39 is 30.2 Å². The van der Waals surface area contributed by atoms with Gasteiger partial charge in [0.2, 0.25) is 0 Å². The molecule has 26 heavy (non-hydrogen) atoms. The van der Waals surface area contributed by atoms with Gasteiger partial charge in [-0.05, 0) is 21.5 Å². The first kappa shape index (κ1) is 16.1. The molecule has 5 rings (SSSR count). The minimum Gasteiger partial charge on any atom is -0.465 e. The zero-order valence-electron chi connectivity index (χ0n) is 13.3. The van der Waals surface area contributed by atoms with E-state index in [1.807, 2.05) is 0 Å². The molecule has 3 atom stereocenters. The molecule has 2 bridgehead atoms. The molecular formula is C16H13BrF2N4O3. The fraction of sp³-hybridized carbons (Fsp3) is 0.438. The maximum Gasteiger partial charge on any atom is 0.407 e. The van der Waals surface area contributed by atoms with Crippen LogP contribution < -0.4 is 4.90 Å². The number of carboxylic acid groups (broad SMARTS) is 1. The van der Waals surface area contributed by atoms with Crippen molar-refractivity contribution in [2.45, 2.75) is 31.5 Å². The van der Waals surface area contributed by atoms with Crippen LogP contribution in [0.5, 0.6) is 0 Å². The molecule has 2 fully saturated rings. The summed E-state index contributed by atoms with van der Waals surface area (Å²) in [4.78, 5) is 22.5. The summed E-state index contributed by atoms with van der Waals surface area (Å²) in [5.41, 5.74) is 1.65. The van der Waals surface area contributed by atoms with Crippen molar-refractivity contribution in [1.82, 2.24) is 14.9 Å².